The highest BCUT2D eigenvalue weighted by Gasteiger charge is 2.23. The first-order chi connectivity index (χ1) is 9.06. The lowest BCUT2D eigenvalue weighted by Gasteiger charge is -2.30. The standard InChI is InChI=1S/C16H26N2O/c1-12(2)10-18(15-5-3-4-6-15)11-13-9-14(17)7-8-16(13)19/h7-9,12,15,19H,3-6,10-11,17H2,1-2H3. The summed E-state index contributed by atoms with van der Waals surface area (Å²) in [5.41, 5.74) is 7.51. The van der Waals surface area contributed by atoms with Gasteiger partial charge >= 0.3 is 0 Å². The summed E-state index contributed by atoms with van der Waals surface area (Å²) >= 11 is 0. The molecule has 0 spiro atoms. The van der Waals surface area contributed by atoms with Gasteiger partial charge in [0.2, 0.25) is 0 Å². The summed E-state index contributed by atoms with van der Waals surface area (Å²) in [6, 6.07) is 6.02. The number of benzene rings is 1. The second-order valence-electron chi connectivity index (χ2n) is 6.15. The minimum atomic E-state index is 0.362. The third-order valence-corrected chi connectivity index (χ3v) is 3.92. The van der Waals surface area contributed by atoms with E-state index in [9.17, 15) is 5.11 Å². The number of rotatable bonds is 5. The van der Waals surface area contributed by atoms with Gasteiger partial charge in [-0.2, -0.15) is 0 Å². The molecule has 0 aromatic heterocycles. The lowest BCUT2D eigenvalue weighted by Crippen LogP contribution is -2.35. The van der Waals surface area contributed by atoms with Gasteiger partial charge in [0.05, 0.1) is 0 Å². The normalized spacial score (nSPS) is 16.6. The third kappa shape index (κ3) is 3.87. The second-order valence-corrected chi connectivity index (χ2v) is 6.15. The van der Waals surface area contributed by atoms with E-state index in [-0.39, 0.29) is 0 Å². The molecule has 1 aliphatic carbocycles. The molecule has 1 aromatic rings. The van der Waals surface area contributed by atoms with Crippen LogP contribution < -0.4 is 5.73 Å². The zero-order valence-corrected chi connectivity index (χ0v) is 12.1. The molecule has 0 atom stereocenters. The molecule has 1 aromatic carbocycles. The van der Waals surface area contributed by atoms with Crippen LogP contribution in [-0.4, -0.2) is 22.6 Å². The van der Waals surface area contributed by atoms with E-state index in [1.54, 1.807) is 12.1 Å². The Hall–Kier alpha value is -1.22. The van der Waals surface area contributed by atoms with Gasteiger partial charge in [-0.3, -0.25) is 4.90 Å². The summed E-state index contributed by atoms with van der Waals surface area (Å²) < 4.78 is 0. The molecule has 0 unspecified atom stereocenters. The van der Waals surface area contributed by atoms with Gasteiger partial charge in [-0.05, 0) is 37.0 Å². The topological polar surface area (TPSA) is 49.5 Å². The summed E-state index contributed by atoms with van der Waals surface area (Å²) in [5.74, 6) is 1.00. The van der Waals surface area contributed by atoms with Crippen molar-refractivity contribution in [1.29, 1.82) is 0 Å². The molecular formula is C16H26N2O. The monoisotopic (exact) mass is 262 g/mol. The minimum absolute atomic E-state index is 0.362. The van der Waals surface area contributed by atoms with Gasteiger partial charge in [0, 0.05) is 30.4 Å². The maximum absolute atomic E-state index is 9.98. The number of phenolic OH excluding ortho intramolecular Hbond substituents is 1. The van der Waals surface area contributed by atoms with E-state index < -0.39 is 0 Å². The van der Waals surface area contributed by atoms with E-state index in [2.05, 4.69) is 18.7 Å². The molecule has 1 saturated carbocycles. The molecule has 0 amide bonds. The molecule has 1 fully saturated rings. The van der Waals surface area contributed by atoms with Gasteiger partial charge in [-0.15, -0.1) is 0 Å². The Morgan fingerprint density at radius 1 is 1.32 bits per heavy atom. The SMILES string of the molecule is CC(C)CN(Cc1cc(N)ccc1O)C1CCCC1. The van der Waals surface area contributed by atoms with Crippen LogP contribution in [0.3, 0.4) is 0 Å². The van der Waals surface area contributed by atoms with Crippen molar-refractivity contribution in [3.8, 4) is 5.75 Å². The molecule has 0 bridgehead atoms. The van der Waals surface area contributed by atoms with Crippen molar-refractivity contribution in [2.24, 2.45) is 5.92 Å². The van der Waals surface area contributed by atoms with Crippen molar-refractivity contribution in [2.75, 3.05) is 12.3 Å². The molecule has 0 radical (unpaired) electrons. The van der Waals surface area contributed by atoms with Crippen LogP contribution in [0.25, 0.3) is 0 Å². The van der Waals surface area contributed by atoms with E-state index >= 15 is 0 Å². The van der Waals surface area contributed by atoms with Gasteiger partial charge in [0.15, 0.2) is 0 Å². The first-order valence-electron chi connectivity index (χ1n) is 7.37. The predicted molar refractivity (Wildman–Crippen MR) is 80.0 cm³/mol. The highest BCUT2D eigenvalue weighted by Crippen LogP contribution is 2.28. The van der Waals surface area contributed by atoms with E-state index in [0.717, 1.165) is 24.3 Å². The first kappa shape index (κ1) is 14.2. The minimum Gasteiger partial charge on any atom is -0.508 e. The summed E-state index contributed by atoms with van der Waals surface area (Å²) in [6.45, 7) is 6.39. The van der Waals surface area contributed by atoms with Crippen molar-refractivity contribution in [1.82, 2.24) is 4.90 Å². The van der Waals surface area contributed by atoms with E-state index in [0.29, 0.717) is 17.7 Å². The number of nitrogens with two attached hydrogens (primary N) is 1. The van der Waals surface area contributed by atoms with Crippen molar-refractivity contribution in [3.63, 3.8) is 0 Å². The van der Waals surface area contributed by atoms with Crippen LogP contribution >= 0.6 is 0 Å². The molecule has 19 heavy (non-hydrogen) atoms. The zero-order valence-electron chi connectivity index (χ0n) is 12.1. The molecule has 106 valence electrons. The summed E-state index contributed by atoms with van der Waals surface area (Å²) in [4.78, 5) is 2.52. The quantitative estimate of drug-likeness (QED) is 0.632. The Morgan fingerprint density at radius 2 is 2.00 bits per heavy atom. The number of anilines is 1. The Kier molecular flexibility index (Phi) is 4.70. The van der Waals surface area contributed by atoms with Crippen molar-refractivity contribution in [3.05, 3.63) is 23.8 Å². The van der Waals surface area contributed by atoms with Crippen LogP contribution in [0.5, 0.6) is 5.75 Å². The van der Waals surface area contributed by atoms with Gasteiger partial charge < -0.3 is 10.8 Å². The van der Waals surface area contributed by atoms with Crippen molar-refractivity contribution < 1.29 is 5.11 Å². The lowest BCUT2D eigenvalue weighted by molar-refractivity contribution is 0.167. The third-order valence-electron chi connectivity index (χ3n) is 3.92. The lowest BCUT2D eigenvalue weighted by atomic mass is 10.1. The van der Waals surface area contributed by atoms with Crippen LogP contribution in [0.15, 0.2) is 18.2 Å². The first-order valence-corrected chi connectivity index (χ1v) is 7.37. The van der Waals surface area contributed by atoms with Gasteiger partial charge in [-0.25, -0.2) is 0 Å². The maximum Gasteiger partial charge on any atom is 0.120 e. The number of hydrogen-bond donors (Lipinski definition) is 2. The molecule has 0 heterocycles. The Balaban J connectivity index is 2.12. The highest BCUT2D eigenvalue weighted by atomic mass is 16.3. The van der Waals surface area contributed by atoms with Crippen LogP contribution in [0.1, 0.15) is 45.1 Å². The second kappa shape index (κ2) is 6.29. The molecule has 1 aliphatic rings. The highest BCUT2D eigenvalue weighted by molar-refractivity contribution is 5.47. The van der Waals surface area contributed by atoms with Crippen molar-refractivity contribution in [2.45, 2.75) is 52.1 Å². The number of nitrogens with zero attached hydrogens (tertiary/aromatic N) is 1. The predicted octanol–water partition coefficient (Wildman–Crippen LogP) is 3.38. The van der Waals surface area contributed by atoms with E-state index in [4.69, 9.17) is 5.73 Å². The van der Waals surface area contributed by atoms with Crippen LogP contribution in [-0.2, 0) is 6.54 Å². The molecule has 3 heteroatoms. The van der Waals surface area contributed by atoms with Crippen molar-refractivity contribution >= 4 is 5.69 Å². The fourth-order valence-electron chi connectivity index (χ4n) is 3.03. The molecule has 0 saturated heterocycles. The summed E-state index contributed by atoms with van der Waals surface area (Å²) in [7, 11) is 0. The summed E-state index contributed by atoms with van der Waals surface area (Å²) in [5, 5.41) is 9.98. The number of nitrogen functional groups attached to an aromatic ring is 1. The van der Waals surface area contributed by atoms with Crippen LogP contribution in [0.2, 0.25) is 0 Å². The maximum atomic E-state index is 9.98. The number of phenols is 1. The molecular weight excluding hydrogens is 236 g/mol. The van der Waals surface area contributed by atoms with Gasteiger partial charge in [0.1, 0.15) is 5.75 Å². The number of hydrogen-bond acceptors (Lipinski definition) is 3. The van der Waals surface area contributed by atoms with Crippen LogP contribution in [0, 0.1) is 5.92 Å². The molecule has 2 rings (SSSR count). The fraction of sp³-hybridized carbons (Fsp3) is 0.625. The Bertz CT molecular complexity index is 411. The Morgan fingerprint density at radius 3 is 2.63 bits per heavy atom. The average Bonchev–Trinajstić information content (AvgIpc) is 2.86. The van der Waals surface area contributed by atoms with Gasteiger partial charge in [-0.1, -0.05) is 26.7 Å². The Labute approximate surface area is 116 Å². The summed E-state index contributed by atoms with van der Waals surface area (Å²) in [6.07, 6.45) is 5.25. The average molecular weight is 262 g/mol. The van der Waals surface area contributed by atoms with E-state index in [1.165, 1.54) is 25.7 Å². The molecule has 3 nitrogen and oxygen atoms in total. The van der Waals surface area contributed by atoms with Crippen LogP contribution in [0.4, 0.5) is 5.69 Å². The zero-order chi connectivity index (χ0) is 13.8. The van der Waals surface area contributed by atoms with E-state index in [1.807, 2.05) is 6.07 Å². The fourth-order valence-corrected chi connectivity index (χ4v) is 3.03. The number of aromatic hydroxyl groups is 1. The smallest absolute Gasteiger partial charge is 0.120 e. The molecule has 3 N–H and O–H groups in total. The molecule has 0 aliphatic heterocycles. The largest absolute Gasteiger partial charge is 0.508 e. The van der Waals surface area contributed by atoms with Gasteiger partial charge in [0.25, 0.3) is 0 Å².